The van der Waals surface area contributed by atoms with Crippen molar-refractivity contribution in [1.29, 1.82) is 5.26 Å². The lowest BCUT2D eigenvalue weighted by atomic mass is 9.48. The first kappa shape index (κ1) is 19.1. The van der Waals surface area contributed by atoms with Gasteiger partial charge < -0.3 is 0 Å². The highest BCUT2D eigenvalue weighted by Gasteiger charge is 2.59. The van der Waals surface area contributed by atoms with Crippen LogP contribution in [0.3, 0.4) is 0 Å². The van der Waals surface area contributed by atoms with E-state index in [4.69, 9.17) is 0 Å². The maximum Gasteiger partial charge on any atom is 0.219 e. The van der Waals surface area contributed by atoms with Crippen molar-refractivity contribution in [3.05, 3.63) is 142 Å². The molecule has 2 nitrogen and oxygen atoms in total. The van der Waals surface area contributed by atoms with Gasteiger partial charge in [-0.2, -0.15) is 5.26 Å². The van der Waals surface area contributed by atoms with Crippen molar-refractivity contribution < 1.29 is 4.79 Å². The highest BCUT2D eigenvalue weighted by atomic mass is 32.2. The molecule has 0 amide bonds. The summed E-state index contributed by atoms with van der Waals surface area (Å²) in [6.07, 6.45) is 0. The van der Waals surface area contributed by atoms with Crippen LogP contribution in [0.2, 0.25) is 0 Å². The summed E-state index contributed by atoms with van der Waals surface area (Å²) in [5.74, 6) is 0.577. The van der Waals surface area contributed by atoms with Crippen LogP contribution in [-0.4, -0.2) is 10.9 Å². The first-order valence-electron chi connectivity index (χ1n) is 10.7. The molecule has 152 valence electrons. The molecule has 3 heteroatoms. The molecule has 0 saturated carbocycles. The number of thioether (sulfide) groups is 1. The van der Waals surface area contributed by atoms with Crippen molar-refractivity contribution in [3.63, 3.8) is 0 Å². The molecule has 7 rings (SSSR count). The molecule has 0 spiro atoms. The second-order valence-corrected chi connectivity index (χ2v) is 9.29. The van der Waals surface area contributed by atoms with Gasteiger partial charge in [-0.25, -0.2) is 0 Å². The largest absolute Gasteiger partial charge is 0.282 e. The average Bonchev–Trinajstić information content (AvgIpc) is 2.88. The van der Waals surface area contributed by atoms with Gasteiger partial charge >= 0.3 is 0 Å². The van der Waals surface area contributed by atoms with E-state index in [1.165, 1.54) is 11.8 Å². The standard InChI is InChI=1S/C29H19NOS/c30-18-28-21-12-4-7-15-24(21)29(25-16-8-5-13-22(25)28,26-17-9-6-14-23(26)28)19-32-27(31)20-10-2-1-3-11-20/h1-17H,19H2. The van der Waals surface area contributed by atoms with Gasteiger partial charge in [0.1, 0.15) is 5.41 Å². The quantitative estimate of drug-likeness (QED) is 0.396. The normalized spacial score (nSPS) is 21.7. The fourth-order valence-corrected chi connectivity index (χ4v) is 6.78. The molecule has 3 aliphatic rings. The van der Waals surface area contributed by atoms with Gasteiger partial charge in [0.05, 0.1) is 11.5 Å². The Kier molecular flexibility index (Phi) is 4.15. The highest BCUT2D eigenvalue weighted by molar-refractivity contribution is 8.14. The first-order chi connectivity index (χ1) is 15.7. The van der Waals surface area contributed by atoms with Gasteiger partial charge in [-0.3, -0.25) is 4.79 Å². The summed E-state index contributed by atoms with van der Waals surface area (Å²) in [5.41, 5.74) is 5.89. The third kappa shape index (κ3) is 2.28. The van der Waals surface area contributed by atoms with Crippen molar-refractivity contribution in [2.24, 2.45) is 0 Å². The SMILES string of the molecule is N#CC12c3ccccc3C(CSC(=O)c3ccccc3)(c3ccccc31)c1ccccc12. The zero-order chi connectivity index (χ0) is 21.8. The molecule has 2 bridgehead atoms. The van der Waals surface area contributed by atoms with E-state index in [2.05, 4.69) is 42.5 Å². The smallest absolute Gasteiger partial charge is 0.219 e. The molecule has 3 aliphatic carbocycles. The van der Waals surface area contributed by atoms with Gasteiger partial charge in [0.15, 0.2) is 0 Å². The van der Waals surface area contributed by atoms with E-state index < -0.39 is 10.8 Å². The summed E-state index contributed by atoms with van der Waals surface area (Å²) in [6, 6.07) is 37.0. The fraction of sp³-hybridized carbons (Fsp3) is 0.103. The lowest BCUT2D eigenvalue weighted by Crippen LogP contribution is -2.51. The second kappa shape index (κ2) is 6.95. The Hall–Kier alpha value is -3.61. The number of hydrogen-bond donors (Lipinski definition) is 0. The van der Waals surface area contributed by atoms with Crippen molar-refractivity contribution in [2.75, 3.05) is 5.75 Å². The van der Waals surface area contributed by atoms with Crippen LogP contribution < -0.4 is 0 Å². The molecule has 0 saturated heterocycles. The van der Waals surface area contributed by atoms with Gasteiger partial charge in [0, 0.05) is 11.3 Å². The monoisotopic (exact) mass is 429 g/mol. The molecule has 0 atom stereocenters. The number of carbonyl (C=O) groups excluding carboxylic acids is 1. The lowest BCUT2D eigenvalue weighted by Gasteiger charge is -2.53. The summed E-state index contributed by atoms with van der Waals surface area (Å²) in [5, 5.41) is 10.7. The molecule has 4 aromatic carbocycles. The van der Waals surface area contributed by atoms with Crippen LogP contribution in [0.15, 0.2) is 103 Å². The van der Waals surface area contributed by atoms with Crippen LogP contribution in [0.5, 0.6) is 0 Å². The minimum absolute atomic E-state index is 0.0649. The van der Waals surface area contributed by atoms with E-state index in [1.54, 1.807) is 0 Å². The Morgan fingerprint density at radius 3 is 1.50 bits per heavy atom. The average molecular weight is 430 g/mol. The van der Waals surface area contributed by atoms with Crippen LogP contribution in [-0.2, 0) is 10.8 Å². The van der Waals surface area contributed by atoms with Gasteiger partial charge in [0.2, 0.25) is 5.12 Å². The van der Waals surface area contributed by atoms with Gasteiger partial charge in [0.25, 0.3) is 0 Å². The van der Waals surface area contributed by atoms with Crippen LogP contribution in [0.25, 0.3) is 0 Å². The predicted molar refractivity (Wildman–Crippen MR) is 128 cm³/mol. The number of rotatable bonds is 3. The minimum atomic E-state index is -0.834. The summed E-state index contributed by atoms with van der Waals surface area (Å²) in [4.78, 5) is 13.1. The van der Waals surface area contributed by atoms with Gasteiger partial charge in [-0.1, -0.05) is 115 Å². The molecule has 0 aromatic heterocycles. The third-order valence-corrected chi connectivity index (χ3v) is 8.04. The van der Waals surface area contributed by atoms with E-state index in [-0.39, 0.29) is 5.12 Å². The topological polar surface area (TPSA) is 40.9 Å². The Bertz CT molecular complexity index is 1300. The second-order valence-electron chi connectivity index (χ2n) is 8.35. The summed E-state index contributed by atoms with van der Waals surface area (Å²) in [7, 11) is 0. The Morgan fingerprint density at radius 1 is 0.656 bits per heavy atom. The van der Waals surface area contributed by atoms with Crippen LogP contribution in [0.4, 0.5) is 0 Å². The molecule has 0 unspecified atom stereocenters. The number of hydrogen-bond acceptors (Lipinski definition) is 3. The predicted octanol–water partition coefficient (Wildman–Crippen LogP) is 6.08. The lowest BCUT2D eigenvalue weighted by molar-refractivity contribution is 0.108. The number of nitrogens with zero attached hydrogens (tertiary/aromatic N) is 1. The van der Waals surface area contributed by atoms with Gasteiger partial charge in [-0.15, -0.1) is 0 Å². The molecule has 0 radical (unpaired) electrons. The maximum atomic E-state index is 13.1. The maximum absolute atomic E-state index is 13.1. The molecule has 0 N–H and O–H groups in total. The number of benzene rings is 4. The number of carbonyl (C=O) groups is 1. The Balaban J connectivity index is 1.62. The highest BCUT2D eigenvalue weighted by Crippen LogP contribution is 2.62. The Morgan fingerprint density at radius 2 is 1.06 bits per heavy atom. The summed E-state index contributed by atoms with van der Waals surface area (Å²) in [6.45, 7) is 0. The molecule has 4 aromatic rings. The summed E-state index contributed by atoms with van der Waals surface area (Å²) < 4.78 is 0. The van der Waals surface area contributed by atoms with Crippen molar-refractivity contribution in [2.45, 2.75) is 10.8 Å². The van der Waals surface area contributed by atoms with E-state index in [0.29, 0.717) is 11.3 Å². The van der Waals surface area contributed by atoms with Crippen molar-refractivity contribution >= 4 is 16.9 Å². The fourth-order valence-electron chi connectivity index (χ4n) is 5.66. The molecule has 0 heterocycles. The zero-order valence-electron chi connectivity index (χ0n) is 17.3. The van der Waals surface area contributed by atoms with Crippen LogP contribution in [0, 0.1) is 11.3 Å². The molecular formula is C29H19NOS. The van der Waals surface area contributed by atoms with E-state index >= 15 is 0 Å². The van der Waals surface area contributed by atoms with Crippen molar-refractivity contribution in [1.82, 2.24) is 0 Å². The van der Waals surface area contributed by atoms with E-state index in [0.717, 1.165) is 33.4 Å². The van der Waals surface area contributed by atoms with E-state index in [9.17, 15) is 10.1 Å². The summed E-state index contributed by atoms with van der Waals surface area (Å²) >= 11 is 1.36. The molecule has 0 aliphatic heterocycles. The van der Waals surface area contributed by atoms with Gasteiger partial charge in [-0.05, 0) is 33.4 Å². The first-order valence-corrected chi connectivity index (χ1v) is 11.7. The number of nitriles is 1. The molecule has 0 fully saturated rings. The third-order valence-electron chi connectivity index (χ3n) is 6.97. The zero-order valence-corrected chi connectivity index (χ0v) is 18.1. The van der Waals surface area contributed by atoms with Crippen molar-refractivity contribution in [3.8, 4) is 6.07 Å². The Labute approximate surface area is 191 Å². The van der Waals surface area contributed by atoms with Crippen LogP contribution >= 0.6 is 11.8 Å². The van der Waals surface area contributed by atoms with Crippen LogP contribution in [0.1, 0.15) is 43.7 Å². The van der Waals surface area contributed by atoms with E-state index in [1.807, 2.05) is 66.7 Å². The molecular weight excluding hydrogens is 410 g/mol. The minimum Gasteiger partial charge on any atom is -0.282 e. The molecule has 32 heavy (non-hydrogen) atoms.